The summed E-state index contributed by atoms with van der Waals surface area (Å²) in [7, 11) is 0. The van der Waals surface area contributed by atoms with Gasteiger partial charge in [-0.2, -0.15) is 0 Å². The number of aromatic nitrogens is 1. The first-order valence-corrected chi connectivity index (χ1v) is 6.64. The molecule has 0 amide bonds. The van der Waals surface area contributed by atoms with Crippen LogP contribution < -0.4 is 10.9 Å². The van der Waals surface area contributed by atoms with Crippen molar-refractivity contribution in [1.82, 2.24) is 4.57 Å². The Morgan fingerprint density at radius 2 is 2.06 bits per heavy atom. The number of aryl methyl sites for hydroxylation is 1. The molecule has 0 aliphatic carbocycles. The molecule has 3 nitrogen and oxygen atoms in total. The largest absolute Gasteiger partial charge is 0.381 e. The van der Waals surface area contributed by atoms with E-state index in [-0.39, 0.29) is 5.56 Å². The summed E-state index contributed by atoms with van der Waals surface area (Å²) >= 11 is 0. The molecule has 1 N–H and O–H groups in total. The molecule has 0 aliphatic rings. The molecule has 0 radical (unpaired) electrons. The topological polar surface area (TPSA) is 34.0 Å². The van der Waals surface area contributed by atoms with Crippen molar-refractivity contribution in [3.8, 4) is 0 Å². The summed E-state index contributed by atoms with van der Waals surface area (Å²) in [6.45, 7) is 7.11. The zero-order chi connectivity index (χ0) is 12.7. The summed E-state index contributed by atoms with van der Waals surface area (Å²) < 4.78 is 1.72. The van der Waals surface area contributed by atoms with Gasteiger partial charge in [-0.25, -0.2) is 0 Å². The maximum absolute atomic E-state index is 11.4. The number of nitrogens with zero attached hydrogens (tertiary/aromatic N) is 1. The third-order valence-electron chi connectivity index (χ3n) is 2.98. The zero-order valence-corrected chi connectivity index (χ0v) is 11.2. The molecular formula is C14H24N2O. The van der Waals surface area contributed by atoms with Crippen molar-refractivity contribution >= 4 is 5.69 Å². The minimum absolute atomic E-state index is 0.0664. The molecule has 1 atom stereocenters. The lowest BCUT2D eigenvalue weighted by molar-refractivity contribution is 0.614. The van der Waals surface area contributed by atoms with E-state index >= 15 is 0 Å². The maximum Gasteiger partial charge on any atom is 0.250 e. The van der Waals surface area contributed by atoms with Gasteiger partial charge in [0.25, 0.3) is 5.56 Å². The predicted octanol–water partition coefficient (Wildman–Crippen LogP) is 3.25. The molecule has 1 rings (SSSR count). The van der Waals surface area contributed by atoms with Gasteiger partial charge in [-0.1, -0.05) is 26.2 Å². The van der Waals surface area contributed by atoms with Crippen LogP contribution in [0.1, 0.15) is 46.5 Å². The molecular weight excluding hydrogens is 212 g/mol. The Bertz CT molecular complexity index is 384. The maximum atomic E-state index is 11.4. The molecule has 96 valence electrons. The van der Waals surface area contributed by atoms with Crippen LogP contribution in [0.2, 0.25) is 0 Å². The molecule has 17 heavy (non-hydrogen) atoms. The summed E-state index contributed by atoms with van der Waals surface area (Å²) in [5.74, 6) is 0. The van der Waals surface area contributed by atoms with Crippen molar-refractivity contribution in [2.75, 3.05) is 5.32 Å². The third kappa shape index (κ3) is 4.63. The lowest BCUT2D eigenvalue weighted by Gasteiger charge is -2.15. The Balaban J connectivity index is 2.53. The monoisotopic (exact) mass is 236 g/mol. The van der Waals surface area contributed by atoms with Gasteiger partial charge in [0.1, 0.15) is 0 Å². The third-order valence-corrected chi connectivity index (χ3v) is 2.98. The lowest BCUT2D eigenvalue weighted by atomic mass is 10.1. The highest BCUT2D eigenvalue weighted by Gasteiger charge is 2.02. The summed E-state index contributed by atoms with van der Waals surface area (Å²) in [4.78, 5) is 11.4. The van der Waals surface area contributed by atoms with Crippen LogP contribution in [0.15, 0.2) is 23.1 Å². The zero-order valence-electron chi connectivity index (χ0n) is 11.2. The van der Waals surface area contributed by atoms with Crippen molar-refractivity contribution in [3.63, 3.8) is 0 Å². The van der Waals surface area contributed by atoms with Gasteiger partial charge in [0.05, 0.1) is 5.69 Å². The van der Waals surface area contributed by atoms with Crippen molar-refractivity contribution in [3.05, 3.63) is 28.7 Å². The van der Waals surface area contributed by atoms with Gasteiger partial charge < -0.3 is 9.88 Å². The van der Waals surface area contributed by atoms with Crippen LogP contribution in [0.4, 0.5) is 5.69 Å². The molecule has 1 unspecified atom stereocenters. The quantitative estimate of drug-likeness (QED) is 0.737. The molecule has 0 fully saturated rings. The first-order chi connectivity index (χ1) is 8.17. The second kappa shape index (κ2) is 7.15. The Morgan fingerprint density at radius 3 is 2.71 bits per heavy atom. The summed E-state index contributed by atoms with van der Waals surface area (Å²) in [5.41, 5.74) is 1.10. The fourth-order valence-corrected chi connectivity index (χ4v) is 1.92. The lowest BCUT2D eigenvalue weighted by Crippen LogP contribution is -2.20. The van der Waals surface area contributed by atoms with Crippen LogP contribution in [-0.4, -0.2) is 10.6 Å². The van der Waals surface area contributed by atoms with Gasteiger partial charge in [-0.05, 0) is 26.3 Å². The highest BCUT2D eigenvalue weighted by atomic mass is 16.1. The second-order valence-electron chi connectivity index (χ2n) is 4.58. The normalized spacial score (nSPS) is 12.4. The Labute approximate surface area is 104 Å². The van der Waals surface area contributed by atoms with E-state index in [1.54, 1.807) is 10.6 Å². The highest BCUT2D eigenvalue weighted by molar-refractivity contribution is 5.41. The van der Waals surface area contributed by atoms with Gasteiger partial charge in [0.15, 0.2) is 0 Å². The molecule has 0 aliphatic heterocycles. The minimum Gasteiger partial charge on any atom is -0.381 e. The summed E-state index contributed by atoms with van der Waals surface area (Å²) in [5, 5.41) is 3.44. The molecule has 0 spiro atoms. The highest BCUT2D eigenvalue weighted by Crippen LogP contribution is 2.10. The summed E-state index contributed by atoms with van der Waals surface area (Å²) in [6.07, 6.45) is 6.89. The Kier molecular flexibility index (Phi) is 5.81. The van der Waals surface area contributed by atoms with Crippen LogP contribution in [-0.2, 0) is 6.54 Å². The predicted molar refractivity (Wildman–Crippen MR) is 73.6 cm³/mol. The standard InChI is InChI=1S/C14H24N2O/c1-4-6-7-8-12(3)15-13-9-10-14(17)16(5-2)11-13/h9-12,15H,4-8H2,1-3H3. The average Bonchev–Trinajstić information content (AvgIpc) is 2.32. The average molecular weight is 236 g/mol. The molecule has 0 bridgehead atoms. The molecule has 3 heteroatoms. The SMILES string of the molecule is CCCCCC(C)Nc1ccc(=O)n(CC)c1. The Hall–Kier alpha value is -1.25. The van der Waals surface area contributed by atoms with E-state index in [4.69, 9.17) is 0 Å². The van der Waals surface area contributed by atoms with E-state index in [0.29, 0.717) is 6.04 Å². The van der Waals surface area contributed by atoms with Crippen LogP contribution >= 0.6 is 0 Å². The van der Waals surface area contributed by atoms with Crippen LogP contribution in [0.5, 0.6) is 0 Å². The van der Waals surface area contributed by atoms with Gasteiger partial charge in [0, 0.05) is 24.8 Å². The van der Waals surface area contributed by atoms with E-state index in [1.165, 1.54) is 25.7 Å². The van der Waals surface area contributed by atoms with Crippen LogP contribution in [0.25, 0.3) is 0 Å². The van der Waals surface area contributed by atoms with Crippen molar-refractivity contribution < 1.29 is 0 Å². The van der Waals surface area contributed by atoms with Gasteiger partial charge >= 0.3 is 0 Å². The molecule has 1 aromatic rings. The van der Waals surface area contributed by atoms with Gasteiger partial charge in [-0.15, -0.1) is 0 Å². The molecule has 0 aromatic carbocycles. The number of rotatable bonds is 7. The number of hydrogen-bond donors (Lipinski definition) is 1. The fraction of sp³-hybridized carbons (Fsp3) is 0.643. The first kappa shape index (κ1) is 13.8. The van der Waals surface area contributed by atoms with E-state index in [2.05, 4.69) is 19.2 Å². The first-order valence-electron chi connectivity index (χ1n) is 6.64. The van der Waals surface area contributed by atoms with Gasteiger partial charge in [-0.3, -0.25) is 4.79 Å². The van der Waals surface area contributed by atoms with Crippen molar-refractivity contribution in [1.29, 1.82) is 0 Å². The van der Waals surface area contributed by atoms with Crippen molar-refractivity contribution in [2.45, 2.75) is 59.0 Å². The van der Waals surface area contributed by atoms with Crippen LogP contribution in [0, 0.1) is 0 Å². The fourth-order valence-electron chi connectivity index (χ4n) is 1.92. The number of anilines is 1. The number of unbranched alkanes of at least 4 members (excludes halogenated alkanes) is 2. The van der Waals surface area contributed by atoms with E-state index in [1.807, 2.05) is 19.2 Å². The minimum atomic E-state index is 0.0664. The number of pyridine rings is 1. The Morgan fingerprint density at radius 1 is 1.29 bits per heavy atom. The van der Waals surface area contributed by atoms with E-state index in [9.17, 15) is 4.79 Å². The van der Waals surface area contributed by atoms with Crippen LogP contribution in [0.3, 0.4) is 0 Å². The number of nitrogens with one attached hydrogen (secondary N) is 1. The molecule has 1 aromatic heterocycles. The van der Waals surface area contributed by atoms with Crippen molar-refractivity contribution in [2.24, 2.45) is 0 Å². The van der Waals surface area contributed by atoms with Gasteiger partial charge in [0.2, 0.25) is 0 Å². The van der Waals surface area contributed by atoms with E-state index < -0.39 is 0 Å². The smallest absolute Gasteiger partial charge is 0.250 e. The molecule has 0 saturated heterocycles. The number of hydrogen-bond acceptors (Lipinski definition) is 2. The second-order valence-corrected chi connectivity index (χ2v) is 4.58. The van der Waals surface area contributed by atoms with E-state index in [0.717, 1.165) is 12.2 Å². The summed E-state index contributed by atoms with van der Waals surface area (Å²) in [6, 6.07) is 3.96. The molecule has 1 heterocycles. The molecule has 0 saturated carbocycles.